The lowest BCUT2D eigenvalue weighted by molar-refractivity contribution is 0.606. The van der Waals surface area contributed by atoms with Crippen LogP contribution in [0.2, 0.25) is 0 Å². The van der Waals surface area contributed by atoms with Crippen molar-refractivity contribution < 1.29 is 0 Å². The molecule has 0 saturated heterocycles. The van der Waals surface area contributed by atoms with E-state index in [0.717, 1.165) is 12.5 Å². The molecule has 0 atom stereocenters. The summed E-state index contributed by atoms with van der Waals surface area (Å²) in [7, 11) is 0. The largest absolute Gasteiger partial charge is 0.378 e. The summed E-state index contributed by atoms with van der Waals surface area (Å²) in [6.45, 7) is 5.45. The van der Waals surface area contributed by atoms with E-state index in [1.165, 1.54) is 5.70 Å². The van der Waals surface area contributed by atoms with E-state index < -0.39 is 0 Å². The molecule has 0 radical (unpaired) electrons. The zero-order chi connectivity index (χ0) is 5.98. The van der Waals surface area contributed by atoms with Crippen LogP contribution in [0.4, 0.5) is 0 Å². The molecule has 0 aromatic rings. The Morgan fingerprint density at radius 1 is 1.75 bits per heavy atom. The summed E-state index contributed by atoms with van der Waals surface area (Å²) >= 11 is 0. The van der Waals surface area contributed by atoms with Crippen LogP contribution in [0.15, 0.2) is 17.5 Å². The third-order valence-electron chi connectivity index (χ3n) is 0.989. The smallest absolute Gasteiger partial charge is 0.0853 e. The van der Waals surface area contributed by atoms with Crippen LogP contribution in [-0.4, -0.2) is 6.54 Å². The Morgan fingerprint density at radius 2 is 2.38 bits per heavy atom. The van der Waals surface area contributed by atoms with Crippen LogP contribution in [0.3, 0.4) is 0 Å². The van der Waals surface area contributed by atoms with Crippen LogP contribution in [0.1, 0.15) is 13.8 Å². The molecule has 0 aliphatic heterocycles. The molecule has 44 valence electrons. The molecular formula is C7H11N. The first-order chi connectivity index (χ1) is 3.79. The molecule has 1 aliphatic carbocycles. The molecule has 0 fully saturated rings. The van der Waals surface area contributed by atoms with E-state index in [1.807, 2.05) is 6.08 Å². The highest BCUT2D eigenvalue weighted by Crippen LogP contribution is 2.00. The molecule has 1 N–H and O–H groups in total. The van der Waals surface area contributed by atoms with E-state index in [0.29, 0.717) is 0 Å². The van der Waals surface area contributed by atoms with Crippen LogP contribution in [0, 0.1) is 5.92 Å². The third kappa shape index (κ3) is 1.85. The van der Waals surface area contributed by atoms with Crippen molar-refractivity contribution in [3.8, 4) is 0 Å². The molecule has 1 heteroatoms. The van der Waals surface area contributed by atoms with Gasteiger partial charge >= 0.3 is 0 Å². The topological polar surface area (TPSA) is 12.0 Å². The average Bonchev–Trinajstić information content (AvgIpc) is 2.41. The first-order valence-electron chi connectivity index (χ1n) is 2.99. The van der Waals surface area contributed by atoms with Crippen molar-refractivity contribution in [2.45, 2.75) is 13.8 Å². The number of nitrogens with one attached hydrogen (secondary N) is 1. The highest BCUT2D eigenvalue weighted by atomic mass is 14.9. The van der Waals surface area contributed by atoms with Crippen LogP contribution >= 0.6 is 0 Å². The molecule has 0 spiro atoms. The van der Waals surface area contributed by atoms with Gasteiger partial charge in [-0.05, 0) is 5.92 Å². The highest BCUT2D eigenvalue weighted by molar-refractivity contribution is 5.28. The van der Waals surface area contributed by atoms with E-state index in [9.17, 15) is 0 Å². The fraction of sp³-hybridized carbons (Fsp3) is 0.571. The lowest BCUT2D eigenvalue weighted by Gasteiger charge is -2.02. The van der Waals surface area contributed by atoms with Gasteiger partial charge in [-0.1, -0.05) is 19.6 Å². The fourth-order valence-electron chi connectivity index (χ4n) is 0.452. The standard InChI is InChI=1S/C7H11N/c1-6(2)5-8-7-3-4-7/h3,6,8H,5H2,1-2H3. The highest BCUT2D eigenvalue weighted by Gasteiger charge is 1.98. The molecule has 0 bridgehead atoms. The molecule has 1 nitrogen and oxygen atoms in total. The summed E-state index contributed by atoms with van der Waals surface area (Å²) in [4.78, 5) is 0. The first-order valence-corrected chi connectivity index (χ1v) is 2.99. The predicted octanol–water partition coefficient (Wildman–Crippen LogP) is 1.28. The van der Waals surface area contributed by atoms with Crippen molar-refractivity contribution in [2.75, 3.05) is 6.54 Å². The van der Waals surface area contributed by atoms with Gasteiger partial charge in [-0.15, -0.1) is 0 Å². The second-order valence-electron chi connectivity index (χ2n) is 2.48. The summed E-state index contributed by atoms with van der Waals surface area (Å²) in [6, 6.07) is 0. The Bertz CT molecular complexity index is 138. The summed E-state index contributed by atoms with van der Waals surface area (Å²) in [5, 5.41) is 3.21. The number of hydrogen-bond donors (Lipinski definition) is 1. The Kier molecular flexibility index (Phi) is 1.40. The first kappa shape index (κ1) is 5.46. The Balaban J connectivity index is 1.97. The summed E-state index contributed by atoms with van der Waals surface area (Å²) in [6.07, 6.45) is 1.96. The minimum absolute atomic E-state index is 0.735. The van der Waals surface area contributed by atoms with Gasteiger partial charge in [-0.3, -0.25) is 0 Å². The quantitative estimate of drug-likeness (QED) is 0.538. The van der Waals surface area contributed by atoms with E-state index >= 15 is 0 Å². The van der Waals surface area contributed by atoms with Crippen molar-refractivity contribution in [1.82, 2.24) is 5.32 Å². The van der Waals surface area contributed by atoms with Gasteiger partial charge in [0.2, 0.25) is 0 Å². The minimum Gasteiger partial charge on any atom is -0.378 e. The third-order valence-corrected chi connectivity index (χ3v) is 0.989. The van der Waals surface area contributed by atoms with Gasteiger partial charge in [0, 0.05) is 12.6 Å². The maximum atomic E-state index is 3.21. The summed E-state index contributed by atoms with van der Waals surface area (Å²) in [5.74, 6) is 0.735. The van der Waals surface area contributed by atoms with Crippen molar-refractivity contribution in [3.63, 3.8) is 0 Å². The number of hydrogen-bond acceptors (Lipinski definition) is 1. The van der Waals surface area contributed by atoms with E-state index in [1.54, 1.807) is 0 Å². The van der Waals surface area contributed by atoms with Crippen molar-refractivity contribution in [2.24, 2.45) is 5.92 Å². The van der Waals surface area contributed by atoms with Crippen LogP contribution in [-0.2, 0) is 0 Å². The van der Waals surface area contributed by atoms with Crippen LogP contribution in [0.25, 0.3) is 0 Å². The van der Waals surface area contributed by atoms with E-state index in [-0.39, 0.29) is 0 Å². The lowest BCUT2D eigenvalue weighted by atomic mass is 10.2. The summed E-state index contributed by atoms with van der Waals surface area (Å²) < 4.78 is 0. The van der Waals surface area contributed by atoms with Gasteiger partial charge < -0.3 is 5.32 Å². The molecule has 0 amide bonds. The van der Waals surface area contributed by atoms with E-state index in [2.05, 4.69) is 24.9 Å². The van der Waals surface area contributed by atoms with Gasteiger partial charge in [-0.25, -0.2) is 0 Å². The Morgan fingerprint density at radius 3 is 2.75 bits per heavy atom. The normalized spacial score (nSPS) is 14.1. The molecule has 1 rings (SSSR count). The molecular weight excluding hydrogens is 98.1 g/mol. The second-order valence-corrected chi connectivity index (χ2v) is 2.48. The zero-order valence-corrected chi connectivity index (χ0v) is 5.36. The van der Waals surface area contributed by atoms with Crippen molar-refractivity contribution in [3.05, 3.63) is 17.5 Å². The molecule has 0 saturated carbocycles. The fourth-order valence-corrected chi connectivity index (χ4v) is 0.452. The minimum atomic E-state index is 0.735. The SMILES string of the molecule is CC(C)CNC1=C=C1. The molecule has 0 heterocycles. The molecule has 0 unspecified atom stereocenters. The molecule has 0 aromatic carbocycles. The van der Waals surface area contributed by atoms with Gasteiger partial charge in [0.1, 0.15) is 0 Å². The summed E-state index contributed by atoms with van der Waals surface area (Å²) in [5.41, 5.74) is 4.15. The van der Waals surface area contributed by atoms with Crippen molar-refractivity contribution >= 4 is 0 Å². The predicted molar refractivity (Wildman–Crippen MR) is 34.4 cm³/mol. The Hall–Kier alpha value is -0.680. The molecule has 1 aliphatic rings. The van der Waals surface area contributed by atoms with E-state index in [4.69, 9.17) is 0 Å². The van der Waals surface area contributed by atoms with Crippen LogP contribution in [0.5, 0.6) is 0 Å². The lowest BCUT2D eigenvalue weighted by Crippen LogP contribution is -2.14. The van der Waals surface area contributed by atoms with Gasteiger partial charge in [0.05, 0.1) is 5.70 Å². The number of rotatable bonds is 3. The van der Waals surface area contributed by atoms with Crippen molar-refractivity contribution in [1.29, 1.82) is 0 Å². The van der Waals surface area contributed by atoms with Gasteiger partial charge in [0.25, 0.3) is 0 Å². The maximum absolute atomic E-state index is 3.21. The maximum Gasteiger partial charge on any atom is 0.0853 e. The second kappa shape index (κ2) is 2.06. The zero-order valence-electron chi connectivity index (χ0n) is 5.36. The Labute approximate surface area is 50.1 Å². The average molecular weight is 109 g/mol. The monoisotopic (exact) mass is 109 g/mol. The van der Waals surface area contributed by atoms with Crippen LogP contribution < -0.4 is 5.32 Å². The molecule has 0 aromatic heterocycles. The van der Waals surface area contributed by atoms with Gasteiger partial charge in [0.15, 0.2) is 0 Å². The van der Waals surface area contributed by atoms with Gasteiger partial charge in [-0.2, -0.15) is 0 Å². The molecule has 8 heavy (non-hydrogen) atoms.